The number of hydrogen-bond acceptors (Lipinski definition) is 6. The third kappa shape index (κ3) is 4.95. The van der Waals surface area contributed by atoms with Crippen LogP contribution in [0.4, 0.5) is 14.5 Å². The van der Waals surface area contributed by atoms with Crippen LogP contribution in [0.25, 0.3) is 6.08 Å². The number of fused-ring (bicyclic) bond motifs is 1. The van der Waals surface area contributed by atoms with Crippen molar-refractivity contribution < 1.29 is 27.8 Å². The van der Waals surface area contributed by atoms with Crippen molar-refractivity contribution in [2.45, 2.75) is 25.1 Å². The Labute approximate surface area is 215 Å². The van der Waals surface area contributed by atoms with Crippen LogP contribution in [-0.2, 0) is 9.47 Å². The van der Waals surface area contributed by atoms with E-state index in [1.165, 1.54) is 12.1 Å². The maximum atomic E-state index is 14.1. The van der Waals surface area contributed by atoms with E-state index in [1.54, 1.807) is 0 Å². The Morgan fingerprint density at radius 1 is 0.865 bits per heavy atom. The first kappa shape index (κ1) is 24.3. The highest BCUT2D eigenvalue weighted by Crippen LogP contribution is 2.44. The summed E-state index contributed by atoms with van der Waals surface area (Å²) in [4.78, 5) is 19.5. The smallest absolute Gasteiger partial charge is 0.254 e. The van der Waals surface area contributed by atoms with Gasteiger partial charge in [-0.3, -0.25) is 9.69 Å². The number of anilines is 1. The van der Waals surface area contributed by atoms with Gasteiger partial charge < -0.3 is 24.0 Å². The Bertz CT molecular complexity index is 1170. The largest absolute Gasteiger partial charge is 0.471 e. The van der Waals surface area contributed by atoms with Gasteiger partial charge in [0.25, 0.3) is 5.91 Å². The van der Waals surface area contributed by atoms with Crippen molar-refractivity contribution in [2.75, 3.05) is 64.1 Å². The monoisotopic (exact) mass is 511 g/mol. The zero-order valence-corrected chi connectivity index (χ0v) is 20.7. The van der Waals surface area contributed by atoms with Crippen molar-refractivity contribution >= 4 is 17.7 Å². The SMILES string of the molecule is O=C(c1cc2c(c([C@H]3CCCN3c3cc(F)cc(F)c3)c1)OC(N1CCOCC1)C=C2)N1CCOCC1. The number of nitrogens with zero attached hydrogens (tertiary/aromatic N) is 3. The molecule has 0 N–H and O–H groups in total. The molecule has 2 aromatic carbocycles. The average Bonchev–Trinajstić information content (AvgIpc) is 3.42. The average molecular weight is 512 g/mol. The molecule has 1 unspecified atom stereocenters. The van der Waals surface area contributed by atoms with E-state index in [9.17, 15) is 13.6 Å². The van der Waals surface area contributed by atoms with Gasteiger partial charge in [-0.25, -0.2) is 8.78 Å². The van der Waals surface area contributed by atoms with Crippen LogP contribution in [0.3, 0.4) is 0 Å². The van der Waals surface area contributed by atoms with Gasteiger partial charge in [0.2, 0.25) is 0 Å². The molecule has 1 amide bonds. The molecule has 3 fully saturated rings. The lowest BCUT2D eigenvalue weighted by atomic mass is 9.94. The highest BCUT2D eigenvalue weighted by molar-refractivity contribution is 5.96. The Balaban J connectivity index is 1.39. The van der Waals surface area contributed by atoms with Crippen LogP contribution < -0.4 is 9.64 Å². The number of benzene rings is 2. The second-order valence-corrected chi connectivity index (χ2v) is 9.88. The van der Waals surface area contributed by atoms with Crippen LogP contribution in [0, 0.1) is 11.6 Å². The van der Waals surface area contributed by atoms with Gasteiger partial charge in [0.1, 0.15) is 17.4 Å². The van der Waals surface area contributed by atoms with Crippen LogP contribution in [0.5, 0.6) is 5.75 Å². The molecule has 3 saturated heterocycles. The van der Waals surface area contributed by atoms with Crippen LogP contribution in [-0.4, -0.2) is 81.1 Å². The zero-order valence-electron chi connectivity index (χ0n) is 20.7. The molecule has 6 rings (SSSR count). The molecule has 0 spiro atoms. The third-order valence-corrected chi connectivity index (χ3v) is 7.57. The highest BCUT2D eigenvalue weighted by Gasteiger charge is 2.34. The lowest BCUT2D eigenvalue weighted by Gasteiger charge is -2.37. The van der Waals surface area contributed by atoms with E-state index >= 15 is 0 Å². The maximum Gasteiger partial charge on any atom is 0.254 e. The standard InChI is InChI=1S/C28H31F2N3O4/c29-21-16-22(30)18-23(17-21)33-5-1-2-25(33)24-15-20(28(34)32-8-12-36-13-9-32)14-19-3-4-26(37-27(19)24)31-6-10-35-11-7-31/h3-4,14-18,25-26H,1-2,5-13H2/t25-,26?/m1/s1. The Kier molecular flexibility index (Phi) is 6.84. The molecule has 2 atom stereocenters. The van der Waals surface area contributed by atoms with Gasteiger partial charge in [-0.2, -0.15) is 0 Å². The molecule has 196 valence electrons. The van der Waals surface area contributed by atoms with Gasteiger partial charge in [0.05, 0.1) is 32.5 Å². The number of halogens is 2. The summed E-state index contributed by atoms with van der Waals surface area (Å²) in [5, 5.41) is 0. The molecule has 2 aromatic rings. The first-order valence-electron chi connectivity index (χ1n) is 13.0. The summed E-state index contributed by atoms with van der Waals surface area (Å²) in [5.74, 6) is -0.528. The lowest BCUT2D eigenvalue weighted by molar-refractivity contribution is -0.0264. The second-order valence-electron chi connectivity index (χ2n) is 9.88. The maximum absolute atomic E-state index is 14.1. The summed E-state index contributed by atoms with van der Waals surface area (Å²) in [5.41, 5.74) is 2.80. The molecule has 0 radical (unpaired) electrons. The number of rotatable bonds is 4. The lowest BCUT2D eigenvalue weighted by Crippen LogP contribution is -2.46. The predicted octanol–water partition coefficient (Wildman–Crippen LogP) is 3.84. The van der Waals surface area contributed by atoms with E-state index in [1.807, 2.05) is 34.1 Å². The van der Waals surface area contributed by atoms with E-state index in [-0.39, 0.29) is 18.2 Å². The molecule has 9 heteroatoms. The van der Waals surface area contributed by atoms with Crippen molar-refractivity contribution in [1.29, 1.82) is 0 Å². The predicted molar refractivity (Wildman–Crippen MR) is 135 cm³/mol. The van der Waals surface area contributed by atoms with E-state index in [0.29, 0.717) is 57.3 Å². The van der Waals surface area contributed by atoms with Crippen molar-refractivity contribution in [1.82, 2.24) is 9.80 Å². The summed E-state index contributed by atoms with van der Waals surface area (Å²) in [6.45, 7) is 5.65. The minimum atomic E-state index is -0.606. The summed E-state index contributed by atoms with van der Waals surface area (Å²) in [6, 6.07) is 7.26. The fourth-order valence-corrected chi connectivity index (χ4v) is 5.73. The highest BCUT2D eigenvalue weighted by atomic mass is 19.1. The number of carbonyl (C=O) groups is 1. The van der Waals surface area contributed by atoms with Crippen molar-refractivity contribution in [3.63, 3.8) is 0 Å². The number of ether oxygens (including phenoxy) is 3. The molecular formula is C28H31F2N3O4. The van der Waals surface area contributed by atoms with Crippen LogP contribution >= 0.6 is 0 Å². The summed E-state index contributed by atoms with van der Waals surface area (Å²) in [7, 11) is 0. The number of amides is 1. The van der Waals surface area contributed by atoms with E-state index in [4.69, 9.17) is 14.2 Å². The van der Waals surface area contributed by atoms with Gasteiger partial charge in [0.15, 0.2) is 6.23 Å². The Morgan fingerprint density at radius 2 is 1.57 bits per heavy atom. The van der Waals surface area contributed by atoms with Gasteiger partial charge in [-0.15, -0.1) is 0 Å². The van der Waals surface area contributed by atoms with Crippen molar-refractivity contribution in [3.8, 4) is 5.75 Å². The van der Waals surface area contributed by atoms with Gasteiger partial charge in [-0.1, -0.05) is 6.08 Å². The summed E-state index contributed by atoms with van der Waals surface area (Å²) < 4.78 is 45.8. The Morgan fingerprint density at radius 3 is 2.30 bits per heavy atom. The molecule has 0 bridgehead atoms. The first-order chi connectivity index (χ1) is 18.1. The normalized spacial score (nSPS) is 24.2. The summed E-state index contributed by atoms with van der Waals surface area (Å²) in [6.07, 6.45) is 5.46. The Hall–Kier alpha value is -3.01. The van der Waals surface area contributed by atoms with Crippen molar-refractivity contribution in [3.05, 3.63) is 64.7 Å². The van der Waals surface area contributed by atoms with Gasteiger partial charge in [-0.05, 0) is 43.2 Å². The van der Waals surface area contributed by atoms with Crippen LogP contribution in [0.15, 0.2) is 36.4 Å². The molecule has 0 aliphatic carbocycles. The fraction of sp³-hybridized carbons (Fsp3) is 0.464. The number of morpholine rings is 2. The molecule has 4 aliphatic rings. The molecule has 0 aromatic heterocycles. The minimum Gasteiger partial charge on any atom is -0.471 e. The molecular weight excluding hydrogens is 480 g/mol. The fourth-order valence-electron chi connectivity index (χ4n) is 5.73. The second kappa shape index (κ2) is 10.4. The number of hydrogen-bond donors (Lipinski definition) is 0. The zero-order chi connectivity index (χ0) is 25.4. The topological polar surface area (TPSA) is 54.5 Å². The number of carbonyl (C=O) groups excluding carboxylic acids is 1. The summed E-state index contributed by atoms with van der Waals surface area (Å²) >= 11 is 0. The van der Waals surface area contributed by atoms with E-state index < -0.39 is 11.6 Å². The third-order valence-electron chi connectivity index (χ3n) is 7.57. The van der Waals surface area contributed by atoms with E-state index in [0.717, 1.165) is 48.9 Å². The minimum absolute atomic E-state index is 0.0441. The van der Waals surface area contributed by atoms with E-state index in [2.05, 4.69) is 4.90 Å². The molecule has 0 saturated carbocycles. The quantitative estimate of drug-likeness (QED) is 0.622. The van der Waals surface area contributed by atoms with Gasteiger partial charge in [0, 0.05) is 61.2 Å². The molecule has 37 heavy (non-hydrogen) atoms. The van der Waals surface area contributed by atoms with Crippen LogP contribution in [0.1, 0.15) is 40.4 Å². The van der Waals surface area contributed by atoms with Crippen molar-refractivity contribution in [2.24, 2.45) is 0 Å². The molecule has 4 heterocycles. The first-order valence-corrected chi connectivity index (χ1v) is 13.0. The molecule has 4 aliphatic heterocycles. The molecule has 7 nitrogen and oxygen atoms in total. The van der Waals surface area contributed by atoms with Crippen LogP contribution in [0.2, 0.25) is 0 Å². The van der Waals surface area contributed by atoms with Gasteiger partial charge >= 0.3 is 0 Å².